The first-order valence-corrected chi connectivity index (χ1v) is 7.62. The van der Waals surface area contributed by atoms with Crippen molar-refractivity contribution in [3.05, 3.63) is 35.9 Å². The number of hydrogen-bond acceptors (Lipinski definition) is 3. The largest absolute Gasteiger partial charge is 0.305 e. The van der Waals surface area contributed by atoms with E-state index in [1.807, 2.05) is 10.9 Å². The highest BCUT2D eigenvalue weighted by Gasteiger charge is 2.17. The monoisotopic (exact) mass is 273 g/mol. The summed E-state index contributed by atoms with van der Waals surface area (Å²) in [6.45, 7) is 4.68. The lowest BCUT2D eigenvalue weighted by Crippen LogP contribution is -2.17. The Morgan fingerprint density at radius 3 is 2.90 bits per heavy atom. The zero-order valence-electron chi connectivity index (χ0n) is 12.1. The molecule has 1 aliphatic carbocycles. The summed E-state index contributed by atoms with van der Waals surface area (Å²) in [5.41, 5.74) is 2.35. The van der Waals surface area contributed by atoms with Gasteiger partial charge in [-0.3, -0.25) is 9.36 Å². The molecule has 0 radical (unpaired) electrons. The average molecular weight is 273 g/mol. The van der Waals surface area contributed by atoms with Crippen LogP contribution in [0, 0.1) is 0 Å². The summed E-state index contributed by atoms with van der Waals surface area (Å²) in [6, 6.07) is 4.82. The molecule has 0 spiro atoms. The fourth-order valence-corrected chi connectivity index (χ4v) is 2.96. The SMILES string of the molecule is CCn1nccc1CNCc1ccn(C2CCCC2)n1. The van der Waals surface area contributed by atoms with Crippen LogP contribution in [-0.4, -0.2) is 19.6 Å². The summed E-state index contributed by atoms with van der Waals surface area (Å²) >= 11 is 0. The van der Waals surface area contributed by atoms with E-state index >= 15 is 0 Å². The van der Waals surface area contributed by atoms with Crippen LogP contribution in [0.15, 0.2) is 24.5 Å². The second-order valence-electron chi connectivity index (χ2n) is 5.47. The van der Waals surface area contributed by atoms with Crippen LogP contribution in [0.25, 0.3) is 0 Å². The van der Waals surface area contributed by atoms with E-state index in [1.165, 1.54) is 31.4 Å². The van der Waals surface area contributed by atoms with Crippen molar-refractivity contribution in [2.75, 3.05) is 0 Å². The first-order valence-electron chi connectivity index (χ1n) is 7.62. The van der Waals surface area contributed by atoms with Crippen molar-refractivity contribution >= 4 is 0 Å². The van der Waals surface area contributed by atoms with Gasteiger partial charge in [-0.25, -0.2) is 0 Å². The van der Waals surface area contributed by atoms with Crippen LogP contribution < -0.4 is 5.32 Å². The zero-order valence-corrected chi connectivity index (χ0v) is 12.1. The number of nitrogens with one attached hydrogen (secondary N) is 1. The number of aryl methyl sites for hydroxylation is 1. The van der Waals surface area contributed by atoms with E-state index in [9.17, 15) is 0 Å². The number of rotatable bonds is 6. The van der Waals surface area contributed by atoms with Crippen molar-refractivity contribution in [1.29, 1.82) is 0 Å². The molecule has 0 aliphatic heterocycles. The Kier molecular flexibility index (Phi) is 4.16. The molecule has 0 unspecified atom stereocenters. The molecule has 3 rings (SSSR count). The maximum absolute atomic E-state index is 4.69. The molecule has 0 bridgehead atoms. The van der Waals surface area contributed by atoms with E-state index in [2.05, 4.69) is 45.4 Å². The zero-order chi connectivity index (χ0) is 13.8. The van der Waals surface area contributed by atoms with Crippen molar-refractivity contribution in [2.24, 2.45) is 0 Å². The normalized spacial score (nSPS) is 16.1. The summed E-state index contributed by atoms with van der Waals surface area (Å²) in [7, 11) is 0. The lowest BCUT2D eigenvalue weighted by Gasteiger charge is -2.09. The third kappa shape index (κ3) is 2.93. The summed E-state index contributed by atoms with van der Waals surface area (Å²) < 4.78 is 4.17. The molecule has 2 heterocycles. The highest BCUT2D eigenvalue weighted by Crippen LogP contribution is 2.28. The lowest BCUT2D eigenvalue weighted by molar-refractivity contribution is 0.460. The molecule has 108 valence electrons. The molecule has 20 heavy (non-hydrogen) atoms. The minimum Gasteiger partial charge on any atom is -0.305 e. The van der Waals surface area contributed by atoms with Gasteiger partial charge in [-0.05, 0) is 31.9 Å². The predicted octanol–water partition coefficient (Wildman–Crippen LogP) is 2.50. The second kappa shape index (κ2) is 6.22. The molecule has 5 nitrogen and oxygen atoms in total. The lowest BCUT2D eigenvalue weighted by atomic mass is 10.3. The van der Waals surface area contributed by atoms with Crippen LogP contribution in [0.5, 0.6) is 0 Å². The number of aromatic nitrogens is 4. The van der Waals surface area contributed by atoms with E-state index < -0.39 is 0 Å². The van der Waals surface area contributed by atoms with Gasteiger partial charge in [0.15, 0.2) is 0 Å². The molecule has 0 amide bonds. The van der Waals surface area contributed by atoms with Gasteiger partial charge in [0, 0.05) is 32.0 Å². The van der Waals surface area contributed by atoms with Gasteiger partial charge in [0.1, 0.15) is 0 Å². The van der Waals surface area contributed by atoms with Crippen LogP contribution in [0.2, 0.25) is 0 Å². The average Bonchev–Trinajstić information content (AvgIpc) is 3.20. The van der Waals surface area contributed by atoms with E-state index in [0.717, 1.165) is 25.3 Å². The van der Waals surface area contributed by atoms with Gasteiger partial charge in [-0.1, -0.05) is 12.8 Å². The molecular formula is C15H23N5. The molecule has 0 saturated heterocycles. The van der Waals surface area contributed by atoms with Gasteiger partial charge >= 0.3 is 0 Å². The Bertz CT molecular complexity index is 536. The first kappa shape index (κ1) is 13.4. The van der Waals surface area contributed by atoms with E-state index in [1.54, 1.807) is 0 Å². The Balaban J connectivity index is 1.51. The van der Waals surface area contributed by atoms with Crippen LogP contribution in [0.1, 0.15) is 50.0 Å². The molecule has 0 atom stereocenters. The van der Waals surface area contributed by atoms with Crippen LogP contribution >= 0.6 is 0 Å². The first-order chi connectivity index (χ1) is 9.86. The third-order valence-electron chi connectivity index (χ3n) is 4.08. The van der Waals surface area contributed by atoms with Crippen molar-refractivity contribution in [3.63, 3.8) is 0 Å². The molecule has 5 heteroatoms. The molecule has 1 fully saturated rings. The maximum atomic E-state index is 4.69. The quantitative estimate of drug-likeness (QED) is 0.879. The number of nitrogens with zero attached hydrogens (tertiary/aromatic N) is 4. The molecular weight excluding hydrogens is 250 g/mol. The molecule has 1 aliphatic rings. The van der Waals surface area contributed by atoms with Crippen molar-refractivity contribution in [2.45, 2.75) is 58.3 Å². The van der Waals surface area contributed by atoms with Crippen LogP contribution in [0.4, 0.5) is 0 Å². The molecule has 2 aromatic rings. The molecule has 1 N–H and O–H groups in total. The Morgan fingerprint density at radius 2 is 2.10 bits per heavy atom. The van der Waals surface area contributed by atoms with Crippen molar-refractivity contribution < 1.29 is 0 Å². The number of hydrogen-bond donors (Lipinski definition) is 1. The van der Waals surface area contributed by atoms with Crippen molar-refractivity contribution in [1.82, 2.24) is 24.9 Å². The van der Waals surface area contributed by atoms with Gasteiger partial charge in [0.05, 0.1) is 17.4 Å². The topological polar surface area (TPSA) is 47.7 Å². The second-order valence-corrected chi connectivity index (χ2v) is 5.47. The minimum absolute atomic E-state index is 0.630. The summed E-state index contributed by atoms with van der Waals surface area (Å²) in [6.07, 6.45) is 9.24. The minimum atomic E-state index is 0.630. The third-order valence-corrected chi connectivity index (χ3v) is 4.08. The molecule has 1 saturated carbocycles. The summed E-state index contributed by atoms with van der Waals surface area (Å²) in [5, 5.41) is 12.4. The highest BCUT2D eigenvalue weighted by atomic mass is 15.3. The van der Waals surface area contributed by atoms with E-state index in [-0.39, 0.29) is 0 Å². The molecule has 0 aromatic carbocycles. The fourth-order valence-electron chi connectivity index (χ4n) is 2.96. The molecule has 2 aromatic heterocycles. The Morgan fingerprint density at radius 1 is 1.25 bits per heavy atom. The van der Waals surface area contributed by atoms with E-state index in [4.69, 9.17) is 0 Å². The van der Waals surface area contributed by atoms with Crippen LogP contribution in [0.3, 0.4) is 0 Å². The van der Waals surface area contributed by atoms with Gasteiger partial charge < -0.3 is 5.32 Å². The summed E-state index contributed by atoms with van der Waals surface area (Å²) in [5.74, 6) is 0. The standard InChI is InChI=1S/C15H23N5/c1-2-19-15(7-9-17-19)12-16-11-13-8-10-20(18-13)14-5-3-4-6-14/h7-10,14,16H,2-6,11-12H2,1H3. The van der Waals surface area contributed by atoms with E-state index in [0.29, 0.717) is 6.04 Å². The van der Waals surface area contributed by atoms with Gasteiger partial charge in [0.25, 0.3) is 0 Å². The Hall–Kier alpha value is -1.62. The predicted molar refractivity (Wildman–Crippen MR) is 78.2 cm³/mol. The maximum Gasteiger partial charge on any atom is 0.0762 e. The smallest absolute Gasteiger partial charge is 0.0762 e. The van der Waals surface area contributed by atoms with Gasteiger partial charge in [-0.2, -0.15) is 10.2 Å². The Labute approximate surface area is 120 Å². The van der Waals surface area contributed by atoms with Gasteiger partial charge in [-0.15, -0.1) is 0 Å². The highest BCUT2D eigenvalue weighted by molar-refractivity contribution is 5.03. The summed E-state index contributed by atoms with van der Waals surface area (Å²) in [4.78, 5) is 0. The van der Waals surface area contributed by atoms with Gasteiger partial charge in [0.2, 0.25) is 0 Å². The fraction of sp³-hybridized carbons (Fsp3) is 0.600. The van der Waals surface area contributed by atoms with Crippen LogP contribution in [-0.2, 0) is 19.6 Å². The van der Waals surface area contributed by atoms with Crippen molar-refractivity contribution in [3.8, 4) is 0 Å².